The molecule has 2 rings (SSSR count). The van der Waals surface area contributed by atoms with E-state index < -0.39 is 5.82 Å². The number of aromatic nitrogens is 2. The Labute approximate surface area is 120 Å². The Hall–Kier alpha value is -2.41. The summed E-state index contributed by atoms with van der Waals surface area (Å²) < 4.78 is 13.8. The zero-order valence-electron chi connectivity index (χ0n) is 10.3. The highest BCUT2D eigenvalue weighted by Gasteiger charge is 2.08. The standard InChI is InChI=1S/C13H11FN4OS/c14-11-5-8(12(15)20)1-2-9(11)6-16-13(19)10-3-4-17-18-7-10/h1-5,7H,6H2,(H2,15,20)(H,16,19). The van der Waals surface area contributed by atoms with Crippen LogP contribution in [0.5, 0.6) is 0 Å². The third-order valence-corrected chi connectivity index (χ3v) is 2.86. The molecule has 7 heteroatoms. The van der Waals surface area contributed by atoms with Crippen LogP contribution in [0.2, 0.25) is 0 Å². The van der Waals surface area contributed by atoms with Crippen LogP contribution in [-0.4, -0.2) is 21.1 Å². The Kier molecular flexibility index (Phi) is 4.31. The van der Waals surface area contributed by atoms with E-state index in [-0.39, 0.29) is 17.4 Å². The van der Waals surface area contributed by atoms with Gasteiger partial charge in [-0.1, -0.05) is 24.4 Å². The largest absolute Gasteiger partial charge is 0.389 e. The lowest BCUT2D eigenvalue weighted by Crippen LogP contribution is -2.23. The van der Waals surface area contributed by atoms with Gasteiger partial charge in [-0.25, -0.2) is 4.39 Å². The summed E-state index contributed by atoms with van der Waals surface area (Å²) in [7, 11) is 0. The van der Waals surface area contributed by atoms with Crippen LogP contribution in [0.4, 0.5) is 4.39 Å². The van der Waals surface area contributed by atoms with Gasteiger partial charge in [0.15, 0.2) is 0 Å². The number of amides is 1. The summed E-state index contributed by atoms with van der Waals surface area (Å²) in [4.78, 5) is 11.9. The third kappa shape index (κ3) is 3.33. The van der Waals surface area contributed by atoms with Gasteiger partial charge in [0.25, 0.3) is 5.91 Å². The minimum atomic E-state index is -0.469. The molecule has 5 nitrogen and oxygen atoms in total. The van der Waals surface area contributed by atoms with Crippen molar-refractivity contribution < 1.29 is 9.18 Å². The molecule has 0 atom stereocenters. The maximum absolute atomic E-state index is 13.8. The Balaban J connectivity index is 2.04. The Morgan fingerprint density at radius 3 is 2.70 bits per heavy atom. The third-order valence-electron chi connectivity index (χ3n) is 2.62. The second-order valence-corrected chi connectivity index (χ2v) is 4.42. The predicted molar refractivity (Wildman–Crippen MR) is 75.5 cm³/mol. The van der Waals surface area contributed by atoms with E-state index in [1.165, 1.54) is 30.6 Å². The molecule has 0 saturated heterocycles. The van der Waals surface area contributed by atoms with Gasteiger partial charge in [-0.15, -0.1) is 0 Å². The van der Waals surface area contributed by atoms with Crippen molar-refractivity contribution in [3.8, 4) is 0 Å². The number of nitrogens with one attached hydrogen (secondary N) is 1. The molecule has 0 radical (unpaired) electrons. The lowest BCUT2D eigenvalue weighted by atomic mass is 10.1. The quantitative estimate of drug-likeness (QED) is 0.826. The number of nitrogens with zero attached hydrogens (tertiary/aromatic N) is 2. The number of hydrogen-bond acceptors (Lipinski definition) is 4. The fourth-order valence-electron chi connectivity index (χ4n) is 1.55. The van der Waals surface area contributed by atoms with E-state index in [1.807, 2.05) is 0 Å². The SMILES string of the molecule is NC(=S)c1ccc(CNC(=O)c2ccnnc2)c(F)c1. The van der Waals surface area contributed by atoms with Crippen LogP contribution in [0, 0.1) is 5.82 Å². The highest BCUT2D eigenvalue weighted by Crippen LogP contribution is 2.10. The van der Waals surface area contributed by atoms with Crippen molar-refractivity contribution in [2.24, 2.45) is 5.73 Å². The summed E-state index contributed by atoms with van der Waals surface area (Å²) >= 11 is 4.76. The second-order valence-electron chi connectivity index (χ2n) is 3.98. The van der Waals surface area contributed by atoms with E-state index in [0.29, 0.717) is 16.7 Å². The first-order valence-electron chi connectivity index (χ1n) is 5.71. The number of benzene rings is 1. The van der Waals surface area contributed by atoms with E-state index >= 15 is 0 Å². The molecule has 2 aromatic rings. The molecule has 3 N–H and O–H groups in total. The number of thiocarbonyl (C=S) groups is 1. The molecule has 20 heavy (non-hydrogen) atoms. The van der Waals surface area contributed by atoms with Crippen LogP contribution in [-0.2, 0) is 6.54 Å². The monoisotopic (exact) mass is 290 g/mol. The summed E-state index contributed by atoms with van der Waals surface area (Å²) in [6.07, 6.45) is 2.74. The highest BCUT2D eigenvalue weighted by atomic mass is 32.1. The predicted octanol–water partition coefficient (Wildman–Crippen LogP) is 1.18. The molecule has 102 valence electrons. The van der Waals surface area contributed by atoms with E-state index in [1.54, 1.807) is 6.07 Å². The van der Waals surface area contributed by atoms with Gasteiger partial charge in [0.1, 0.15) is 10.8 Å². The molecule has 0 unspecified atom stereocenters. The fourth-order valence-corrected chi connectivity index (χ4v) is 1.67. The van der Waals surface area contributed by atoms with Gasteiger partial charge in [-0.05, 0) is 12.1 Å². The Morgan fingerprint density at radius 1 is 1.30 bits per heavy atom. The number of carbonyl (C=O) groups is 1. The van der Waals surface area contributed by atoms with Crippen molar-refractivity contribution in [1.29, 1.82) is 0 Å². The molecule has 1 heterocycles. The fraction of sp³-hybridized carbons (Fsp3) is 0.0769. The normalized spacial score (nSPS) is 10.1. The van der Waals surface area contributed by atoms with Crippen LogP contribution in [0.1, 0.15) is 21.5 Å². The highest BCUT2D eigenvalue weighted by molar-refractivity contribution is 7.80. The molecule has 0 aliphatic rings. The van der Waals surface area contributed by atoms with E-state index in [4.69, 9.17) is 18.0 Å². The topological polar surface area (TPSA) is 80.9 Å². The van der Waals surface area contributed by atoms with Gasteiger partial charge in [-0.3, -0.25) is 4.79 Å². The first-order valence-corrected chi connectivity index (χ1v) is 6.12. The summed E-state index contributed by atoms with van der Waals surface area (Å²) in [5.41, 5.74) is 6.57. The van der Waals surface area contributed by atoms with E-state index in [2.05, 4.69) is 15.5 Å². The van der Waals surface area contributed by atoms with Crippen LogP contribution < -0.4 is 11.1 Å². The summed E-state index contributed by atoms with van der Waals surface area (Å²) in [5, 5.41) is 9.76. The number of halogens is 1. The van der Waals surface area contributed by atoms with E-state index in [9.17, 15) is 9.18 Å². The van der Waals surface area contributed by atoms with Gasteiger partial charge < -0.3 is 11.1 Å². The first-order chi connectivity index (χ1) is 9.58. The van der Waals surface area contributed by atoms with Crippen molar-refractivity contribution in [2.45, 2.75) is 6.54 Å². The molecule has 0 bridgehead atoms. The van der Waals surface area contributed by atoms with Crippen LogP contribution in [0.15, 0.2) is 36.7 Å². The number of nitrogens with two attached hydrogens (primary N) is 1. The maximum atomic E-state index is 13.8. The Morgan fingerprint density at radius 2 is 2.10 bits per heavy atom. The molecule has 0 fully saturated rings. The molecule has 0 aliphatic carbocycles. The molecule has 0 saturated carbocycles. The lowest BCUT2D eigenvalue weighted by molar-refractivity contribution is 0.0950. The number of hydrogen-bond donors (Lipinski definition) is 2. The first kappa shape index (κ1) is 14.0. The zero-order chi connectivity index (χ0) is 14.5. The van der Waals surface area contributed by atoms with Crippen molar-refractivity contribution in [2.75, 3.05) is 0 Å². The smallest absolute Gasteiger partial charge is 0.253 e. The van der Waals surface area contributed by atoms with Gasteiger partial charge in [-0.2, -0.15) is 10.2 Å². The van der Waals surface area contributed by atoms with Gasteiger partial charge >= 0.3 is 0 Å². The molecule has 1 aromatic heterocycles. The van der Waals surface area contributed by atoms with Crippen molar-refractivity contribution in [1.82, 2.24) is 15.5 Å². The molecule has 0 spiro atoms. The average molecular weight is 290 g/mol. The summed E-state index contributed by atoms with van der Waals surface area (Å²) in [6.45, 7) is 0.0601. The molecule has 0 aliphatic heterocycles. The zero-order valence-corrected chi connectivity index (χ0v) is 11.2. The Bertz CT molecular complexity index is 648. The maximum Gasteiger partial charge on any atom is 0.253 e. The van der Waals surface area contributed by atoms with E-state index in [0.717, 1.165) is 0 Å². The number of carbonyl (C=O) groups excluding carboxylic acids is 1. The minimum Gasteiger partial charge on any atom is -0.389 e. The lowest BCUT2D eigenvalue weighted by Gasteiger charge is -2.07. The van der Waals surface area contributed by atoms with Crippen LogP contribution in [0.25, 0.3) is 0 Å². The summed E-state index contributed by atoms with van der Waals surface area (Å²) in [6, 6.07) is 5.92. The van der Waals surface area contributed by atoms with Crippen molar-refractivity contribution in [3.63, 3.8) is 0 Å². The van der Waals surface area contributed by atoms with Crippen LogP contribution in [0.3, 0.4) is 0 Å². The number of rotatable bonds is 4. The second kappa shape index (κ2) is 6.16. The van der Waals surface area contributed by atoms with Gasteiger partial charge in [0.05, 0.1) is 18.0 Å². The molecule has 1 amide bonds. The molecular weight excluding hydrogens is 279 g/mol. The average Bonchev–Trinajstić information content (AvgIpc) is 2.46. The minimum absolute atomic E-state index is 0.0601. The molecule has 1 aromatic carbocycles. The summed E-state index contributed by atoms with van der Waals surface area (Å²) in [5.74, 6) is -0.818. The van der Waals surface area contributed by atoms with Crippen molar-refractivity contribution in [3.05, 3.63) is 59.2 Å². The van der Waals surface area contributed by atoms with Gasteiger partial charge in [0, 0.05) is 17.7 Å². The van der Waals surface area contributed by atoms with Crippen molar-refractivity contribution >= 4 is 23.1 Å². The van der Waals surface area contributed by atoms with Gasteiger partial charge in [0.2, 0.25) is 0 Å². The molecular formula is C13H11FN4OS. The van der Waals surface area contributed by atoms with Crippen LogP contribution >= 0.6 is 12.2 Å².